The van der Waals surface area contributed by atoms with Crippen molar-refractivity contribution in [1.29, 1.82) is 0 Å². The van der Waals surface area contributed by atoms with Gasteiger partial charge in [0.05, 0.1) is 11.2 Å². The summed E-state index contributed by atoms with van der Waals surface area (Å²) in [4.78, 5) is 0.339. The van der Waals surface area contributed by atoms with Gasteiger partial charge < -0.3 is 0 Å². The van der Waals surface area contributed by atoms with Crippen molar-refractivity contribution in [1.82, 2.24) is 0 Å². The van der Waals surface area contributed by atoms with Crippen molar-refractivity contribution in [2.75, 3.05) is 17.2 Å². The van der Waals surface area contributed by atoms with Crippen LogP contribution in [0.1, 0.15) is 23.1 Å². The van der Waals surface area contributed by atoms with Gasteiger partial charge in [-0.1, -0.05) is 54.6 Å². The molecule has 0 spiro atoms. The number of fused-ring (bicyclic) bond motifs is 2. The molecule has 162 valence electrons. The number of hydrogen-bond donors (Lipinski definition) is 1. The SMILES string of the molecule is CS(=O)(=O)Nc1cccc(/C=C2\c3ccccc3CCC3C=CC(S(C)(=O)=O)=CC23)c1. The molecule has 0 bridgehead atoms. The number of benzene rings is 2. The van der Waals surface area contributed by atoms with Crippen molar-refractivity contribution in [3.8, 4) is 0 Å². The Hall–Kier alpha value is -2.64. The fourth-order valence-electron chi connectivity index (χ4n) is 4.32. The van der Waals surface area contributed by atoms with Crippen molar-refractivity contribution in [3.63, 3.8) is 0 Å². The molecular formula is C24H25NO4S2. The molecule has 4 rings (SSSR count). The topological polar surface area (TPSA) is 80.3 Å². The molecule has 0 aromatic heterocycles. The second-order valence-corrected chi connectivity index (χ2v) is 11.9. The van der Waals surface area contributed by atoms with E-state index in [-0.39, 0.29) is 11.8 Å². The number of sulfonamides is 1. The van der Waals surface area contributed by atoms with Crippen LogP contribution in [0.5, 0.6) is 0 Å². The van der Waals surface area contributed by atoms with E-state index in [1.54, 1.807) is 24.3 Å². The van der Waals surface area contributed by atoms with Gasteiger partial charge in [0, 0.05) is 17.9 Å². The normalized spacial score (nSPS) is 22.3. The first-order valence-corrected chi connectivity index (χ1v) is 13.9. The zero-order valence-electron chi connectivity index (χ0n) is 17.4. The summed E-state index contributed by atoms with van der Waals surface area (Å²) in [5.41, 5.74) is 4.72. The lowest BCUT2D eigenvalue weighted by Gasteiger charge is -2.26. The summed E-state index contributed by atoms with van der Waals surface area (Å²) in [5.74, 6) is 0.117. The monoisotopic (exact) mass is 455 g/mol. The maximum absolute atomic E-state index is 12.2. The van der Waals surface area contributed by atoms with Gasteiger partial charge in [-0.2, -0.15) is 0 Å². The lowest BCUT2D eigenvalue weighted by molar-refractivity contribution is 0.528. The minimum Gasteiger partial charge on any atom is -0.284 e. The van der Waals surface area contributed by atoms with E-state index in [1.165, 1.54) is 11.8 Å². The van der Waals surface area contributed by atoms with Crippen molar-refractivity contribution >= 4 is 37.2 Å². The van der Waals surface area contributed by atoms with Crippen LogP contribution in [-0.4, -0.2) is 29.3 Å². The average Bonchev–Trinajstić information content (AvgIpc) is 2.83. The first-order valence-electron chi connectivity index (χ1n) is 10.1. The first kappa shape index (κ1) is 21.6. The van der Waals surface area contributed by atoms with Crippen LogP contribution in [0.3, 0.4) is 0 Å². The molecule has 2 unspecified atom stereocenters. The molecule has 2 aliphatic rings. The Labute approximate surface area is 184 Å². The van der Waals surface area contributed by atoms with Gasteiger partial charge in [-0.05, 0) is 59.2 Å². The number of aryl methyl sites for hydroxylation is 1. The Morgan fingerprint density at radius 3 is 2.52 bits per heavy atom. The first-order chi connectivity index (χ1) is 14.6. The highest BCUT2D eigenvalue weighted by Gasteiger charge is 2.31. The third kappa shape index (κ3) is 4.99. The quantitative estimate of drug-likeness (QED) is 0.746. The molecule has 0 amide bonds. The molecule has 0 aliphatic heterocycles. The van der Waals surface area contributed by atoms with E-state index < -0.39 is 19.9 Å². The summed E-state index contributed by atoms with van der Waals surface area (Å²) in [6.07, 6.45) is 11.9. The van der Waals surface area contributed by atoms with E-state index in [0.29, 0.717) is 10.6 Å². The van der Waals surface area contributed by atoms with Gasteiger partial charge in [0.1, 0.15) is 0 Å². The number of sulfone groups is 1. The van der Waals surface area contributed by atoms with E-state index in [2.05, 4.69) is 16.9 Å². The fourth-order valence-corrected chi connectivity index (χ4v) is 5.59. The maximum atomic E-state index is 12.2. The molecule has 0 radical (unpaired) electrons. The minimum absolute atomic E-state index is 0.0788. The number of rotatable bonds is 4. The van der Waals surface area contributed by atoms with Gasteiger partial charge in [0.2, 0.25) is 10.0 Å². The number of hydrogen-bond acceptors (Lipinski definition) is 4. The summed E-state index contributed by atoms with van der Waals surface area (Å²) in [6.45, 7) is 0. The Balaban J connectivity index is 1.87. The summed E-state index contributed by atoms with van der Waals surface area (Å²) in [7, 11) is -6.70. The third-order valence-corrected chi connectivity index (χ3v) is 7.42. The highest BCUT2D eigenvalue weighted by molar-refractivity contribution is 7.94. The van der Waals surface area contributed by atoms with Crippen LogP contribution < -0.4 is 4.72 Å². The van der Waals surface area contributed by atoms with Crippen LogP contribution in [-0.2, 0) is 26.3 Å². The standard InChI is InChI=1S/C24H25NO4S2/c1-30(26,27)21-13-12-19-11-10-18-7-3-4-9-22(18)24(23(19)16-21)15-17-6-5-8-20(14-17)25-31(2,28)29/h3-9,12-16,19,23,25H,10-11H2,1-2H3/b24-15+. The number of allylic oxidation sites excluding steroid dienone is 4. The highest BCUT2D eigenvalue weighted by atomic mass is 32.2. The summed E-state index contributed by atoms with van der Waals surface area (Å²) < 4.78 is 50.2. The van der Waals surface area contributed by atoms with E-state index in [0.717, 1.165) is 35.8 Å². The molecule has 2 aromatic rings. The largest absolute Gasteiger partial charge is 0.284 e. The van der Waals surface area contributed by atoms with Crippen LogP contribution in [0, 0.1) is 11.8 Å². The van der Waals surface area contributed by atoms with Crippen LogP contribution >= 0.6 is 0 Å². The lowest BCUT2D eigenvalue weighted by atomic mass is 9.79. The molecule has 31 heavy (non-hydrogen) atoms. The molecule has 2 aromatic carbocycles. The fraction of sp³-hybridized carbons (Fsp3) is 0.250. The second-order valence-electron chi connectivity index (χ2n) is 8.19. The van der Waals surface area contributed by atoms with Gasteiger partial charge in [-0.3, -0.25) is 4.72 Å². The molecule has 0 fully saturated rings. The second kappa shape index (κ2) is 8.13. The van der Waals surface area contributed by atoms with Crippen molar-refractivity contribution in [2.24, 2.45) is 11.8 Å². The molecule has 1 N–H and O–H groups in total. The van der Waals surface area contributed by atoms with Crippen molar-refractivity contribution < 1.29 is 16.8 Å². The maximum Gasteiger partial charge on any atom is 0.229 e. The van der Waals surface area contributed by atoms with Gasteiger partial charge >= 0.3 is 0 Å². The summed E-state index contributed by atoms with van der Waals surface area (Å²) in [6, 6.07) is 15.4. The predicted octanol–water partition coefficient (Wildman–Crippen LogP) is 4.28. The van der Waals surface area contributed by atoms with Gasteiger partial charge in [0.25, 0.3) is 0 Å². The van der Waals surface area contributed by atoms with Gasteiger partial charge in [-0.15, -0.1) is 0 Å². The van der Waals surface area contributed by atoms with Crippen molar-refractivity contribution in [3.05, 3.63) is 88.4 Å². The highest BCUT2D eigenvalue weighted by Crippen LogP contribution is 2.43. The van der Waals surface area contributed by atoms with Crippen LogP contribution in [0.15, 0.2) is 71.7 Å². The minimum atomic E-state index is -3.38. The third-order valence-electron chi connectivity index (χ3n) is 5.69. The van der Waals surface area contributed by atoms with Crippen molar-refractivity contribution in [2.45, 2.75) is 12.8 Å². The zero-order chi connectivity index (χ0) is 22.2. The Kier molecular flexibility index (Phi) is 5.66. The van der Waals surface area contributed by atoms with E-state index in [4.69, 9.17) is 0 Å². The molecule has 0 heterocycles. The van der Waals surface area contributed by atoms with E-state index >= 15 is 0 Å². The Morgan fingerprint density at radius 2 is 1.77 bits per heavy atom. The average molecular weight is 456 g/mol. The zero-order valence-corrected chi connectivity index (χ0v) is 19.1. The summed E-state index contributed by atoms with van der Waals surface area (Å²) >= 11 is 0. The molecular weight excluding hydrogens is 430 g/mol. The van der Waals surface area contributed by atoms with Crippen LogP contribution in [0.25, 0.3) is 11.6 Å². The Morgan fingerprint density at radius 1 is 1.00 bits per heavy atom. The van der Waals surface area contributed by atoms with Gasteiger partial charge in [-0.25, -0.2) is 16.8 Å². The van der Waals surface area contributed by atoms with Crippen LogP contribution in [0.2, 0.25) is 0 Å². The summed E-state index contributed by atoms with van der Waals surface area (Å²) in [5, 5.41) is 0. The Bertz CT molecular complexity index is 1320. The molecule has 2 aliphatic carbocycles. The molecule has 0 saturated carbocycles. The number of nitrogens with one attached hydrogen (secondary N) is 1. The molecule has 2 atom stereocenters. The molecule has 5 nitrogen and oxygen atoms in total. The smallest absolute Gasteiger partial charge is 0.229 e. The van der Waals surface area contributed by atoms with E-state index in [1.807, 2.05) is 36.4 Å². The van der Waals surface area contributed by atoms with E-state index in [9.17, 15) is 16.8 Å². The van der Waals surface area contributed by atoms with Crippen LogP contribution in [0.4, 0.5) is 5.69 Å². The molecule has 7 heteroatoms. The predicted molar refractivity (Wildman–Crippen MR) is 127 cm³/mol. The number of anilines is 1. The lowest BCUT2D eigenvalue weighted by Crippen LogP contribution is -2.17. The van der Waals surface area contributed by atoms with Gasteiger partial charge in [0.15, 0.2) is 9.84 Å². The molecule has 0 saturated heterocycles.